The molecule has 0 aliphatic heterocycles. The van der Waals surface area contributed by atoms with Crippen molar-refractivity contribution in [3.63, 3.8) is 0 Å². The second kappa shape index (κ2) is 8.29. The van der Waals surface area contributed by atoms with Crippen LogP contribution >= 0.6 is 23.2 Å². The van der Waals surface area contributed by atoms with E-state index in [1.54, 1.807) is 31.2 Å². The van der Waals surface area contributed by atoms with Crippen LogP contribution in [0.25, 0.3) is 10.9 Å². The summed E-state index contributed by atoms with van der Waals surface area (Å²) in [6, 6.07) is 9.88. The number of aryl methyl sites for hydroxylation is 1. The van der Waals surface area contributed by atoms with Crippen LogP contribution in [0, 0.1) is 6.92 Å². The zero-order valence-corrected chi connectivity index (χ0v) is 16.4. The Balaban J connectivity index is 2.28. The van der Waals surface area contributed by atoms with E-state index in [4.69, 9.17) is 32.7 Å². The lowest BCUT2D eigenvalue weighted by Gasteiger charge is -2.18. The second-order valence-corrected chi connectivity index (χ2v) is 6.89. The summed E-state index contributed by atoms with van der Waals surface area (Å²) >= 11 is 12.1. The van der Waals surface area contributed by atoms with Crippen LogP contribution in [0.3, 0.4) is 0 Å². The van der Waals surface area contributed by atoms with E-state index in [1.807, 2.05) is 0 Å². The maximum Gasteiger partial charge on any atom is 0.387 e. The van der Waals surface area contributed by atoms with Crippen molar-refractivity contribution in [2.45, 2.75) is 26.9 Å². The molecular weight excluding hydrogens is 411 g/mol. The topological polar surface area (TPSA) is 48.4 Å². The highest BCUT2D eigenvalue weighted by Gasteiger charge is 2.23. The maximum atomic E-state index is 13.2. The molecule has 0 saturated carbocycles. The molecule has 8 heteroatoms. The average Bonchev–Trinajstić information content (AvgIpc) is 2.61. The van der Waals surface area contributed by atoms with Crippen molar-refractivity contribution < 1.29 is 23.0 Å². The van der Waals surface area contributed by atoms with Crippen molar-refractivity contribution in [1.29, 1.82) is 0 Å². The average molecular weight is 426 g/mol. The van der Waals surface area contributed by atoms with Gasteiger partial charge in [0.15, 0.2) is 0 Å². The number of fused-ring (bicyclic) bond motifs is 1. The highest BCUT2D eigenvalue weighted by molar-refractivity contribution is 6.35. The van der Waals surface area contributed by atoms with E-state index in [1.165, 1.54) is 19.1 Å². The zero-order chi connectivity index (χ0) is 20.4. The molecule has 0 amide bonds. The molecule has 0 aliphatic carbocycles. The van der Waals surface area contributed by atoms with Gasteiger partial charge in [0.1, 0.15) is 11.5 Å². The number of ether oxygens (including phenoxy) is 2. The number of rotatable bonds is 5. The molecule has 0 unspecified atom stereocenters. The summed E-state index contributed by atoms with van der Waals surface area (Å²) in [5.74, 6) is -0.676. The Morgan fingerprint density at radius 1 is 1.14 bits per heavy atom. The third-order valence-electron chi connectivity index (χ3n) is 4.06. The molecule has 0 saturated heterocycles. The van der Waals surface area contributed by atoms with Crippen LogP contribution in [0.15, 0.2) is 36.4 Å². The molecule has 146 valence electrons. The van der Waals surface area contributed by atoms with Crippen LogP contribution in [-0.4, -0.2) is 17.6 Å². The smallest absolute Gasteiger partial charge is 0.387 e. The molecule has 4 nitrogen and oxygen atoms in total. The van der Waals surface area contributed by atoms with Crippen molar-refractivity contribution in [2.24, 2.45) is 0 Å². The first kappa shape index (κ1) is 20.3. The number of alkyl halides is 2. The Kier molecular flexibility index (Phi) is 6.01. The highest BCUT2D eigenvalue weighted by atomic mass is 35.5. The van der Waals surface area contributed by atoms with Crippen molar-refractivity contribution in [3.8, 4) is 11.5 Å². The normalized spacial score (nSPS) is 11.1. The summed E-state index contributed by atoms with van der Waals surface area (Å²) in [6.45, 7) is -0.194. The molecule has 0 bridgehead atoms. The van der Waals surface area contributed by atoms with Crippen LogP contribution in [0.4, 0.5) is 8.78 Å². The predicted molar refractivity (Wildman–Crippen MR) is 104 cm³/mol. The molecule has 0 fully saturated rings. The Morgan fingerprint density at radius 2 is 1.82 bits per heavy atom. The lowest BCUT2D eigenvalue weighted by atomic mass is 10.00. The molecule has 0 atom stereocenters. The lowest BCUT2D eigenvalue weighted by Crippen LogP contribution is -2.10. The van der Waals surface area contributed by atoms with E-state index in [-0.39, 0.29) is 33.8 Å². The molecule has 1 heterocycles. The van der Waals surface area contributed by atoms with Crippen molar-refractivity contribution in [3.05, 3.63) is 63.3 Å². The van der Waals surface area contributed by atoms with Gasteiger partial charge in [-0.2, -0.15) is 8.78 Å². The third kappa shape index (κ3) is 4.34. The zero-order valence-electron chi connectivity index (χ0n) is 14.9. The maximum absolute atomic E-state index is 13.2. The van der Waals surface area contributed by atoms with Gasteiger partial charge in [0, 0.05) is 29.6 Å². The molecule has 3 rings (SSSR count). The van der Waals surface area contributed by atoms with Crippen molar-refractivity contribution >= 4 is 40.1 Å². The number of halogens is 4. The van der Waals surface area contributed by atoms with Gasteiger partial charge in [0.05, 0.1) is 15.9 Å². The van der Waals surface area contributed by atoms with E-state index in [2.05, 4.69) is 4.98 Å². The highest BCUT2D eigenvalue weighted by Crippen LogP contribution is 2.41. The molecule has 0 aliphatic rings. The Hall–Kier alpha value is -2.44. The van der Waals surface area contributed by atoms with E-state index in [9.17, 15) is 13.6 Å². The molecule has 0 spiro atoms. The van der Waals surface area contributed by atoms with Gasteiger partial charge in [-0.25, -0.2) is 0 Å². The van der Waals surface area contributed by atoms with Crippen molar-refractivity contribution in [2.75, 3.05) is 0 Å². The largest absolute Gasteiger partial charge is 0.434 e. The number of aromatic nitrogens is 1. The van der Waals surface area contributed by atoms with Crippen LogP contribution in [0.1, 0.15) is 23.7 Å². The molecular formula is C20H15Cl2F2NO3. The first-order valence-electron chi connectivity index (χ1n) is 8.25. The molecule has 0 N–H and O–H groups in total. The summed E-state index contributed by atoms with van der Waals surface area (Å²) in [7, 11) is 0. The minimum Gasteiger partial charge on any atom is -0.434 e. The van der Waals surface area contributed by atoms with E-state index >= 15 is 0 Å². The Morgan fingerprint density at radius 3 is 2.43 bits per heavy atom. The molecule has 0 radical (unpaired) electrons. The summed E-state index contributed by atoms with van der Waals surface area (Å²) in [5, 5.41) is 0.911. The lowest BCUT2D eigenvalue weighted by molar-refractivity contribution is -0.131. The second-order valence-electron chi connectivity index (χ2n) is 6.05. The number of hydrogen-bond acceptors (Lipinski definition) is 4. The first-order valence-corrected chi connectivity index (χ1v) is 9.01. The summed E-state index contributed by atoms with van der Waals surface area (Å²) in [4.78, 5) is 15.9. The number of hydrogen-bond donors (Lipinski definition) is 0. The number of carbonyl (C=O) groups is 1. The molecule has 3 aromatic rings. The molecule has 2 aromatic carbocycles. The van der Waals surface area contributed by atoms with E-state index in [0.29, 0.717) is 16.3 Å². The standard InChI is InChI=1S/C20H15Cl2F2NO3/c1-10-14(9-12-3-5-13(21)6-4-12)19(28-20(23)24)17-16(27-11(2)26)8-7-15(22)18(17)25-10/h3-8,20H,9H2,1-2H3. The number of esters is 1. The fourth-order valence-electron chi connectivity index (χ4n) is 2.90. The molecule has 1 aromatic heterocycles. The van der Waals surface area contributed by atoms with Crippen LogP contribution in [0.2, 0.25) is 10.0 Å². The molecule has 28 heavy (non-hydrogen) atoms. The SMILES string of the molecule is CC(=O)Oc1ccc(Cl)c2nc(C)c(Cc3ccc(Cl)cc3)c(OC(F)F)c12. The summed E-state index contributed by atoms with van der Waals surface area (Å²) < 4.78 is 36.5. The summed E-state index contributed by atoms with van der Waals surface area (Å²) in [6.07, 6.45) is 0.264. The van der Waals surface area contributed by atoms with Crippen LogP contribution in [-0.2, 0) is 11.2 Å². The number of nitrogens with zero attached hydrogens (tertiary/aromatic N) is 1. The van der Waals surface area contributed by atoms with E-state index < -0.39 is 12.6 Å². The van der Waals surface area contributed by atoms with Gasteiger partial charge >= 0.3 is 12.6 Å². The quantitative estimate of drug-likeness (QED) is 0.373. The van der Waals surface area contributed by atoms with Gasteiger partial charge in [0.2, 0.25) is 0 Å². The number of pyridine rings is 1. The number of carbonyl (C=O) groups excluding carboxylic acids is 1. The van der Waals surface area contributed by atoms with Gasteiger partial charge in [0.25, 0.3) is 0 Å². The van der Waals surface area contributed by atoms with Crippen molar-refractivity contribution in [1.82, 2.24) is 4.98 Å². The van der Waals surface area contributed by atoms with Gasteiger partial charge in [-0.05, 0) is 36.8 Å². The van der Waals surface area contributed by atoms with Gasteiger partial charge in [-0.15, -0.1) is 0 Å². The Bertz CT molecular complexity index is 1040. The Labute approximate surface area is 170 Å². The monoisotopic (exact) mass is 425 g/mol. The van der Waals surface area contributed by atoms with Gasteiger partial charge in [-0.1, -0.05) is 35.3 Å². The third-order valence-corrected chi connectivity index (χ3v) is 4.62. The fraction of sp³-hybridized carbons (Fsp3) is 0.200. The predicted octanol–water partition coefficient (Wildman–Crippen LogP) is 5.97. The van der Waals surface area contributed by atoms with Crippen LogP contribution in [0.5, 0.6) is 11.5 Å². The number of benzene rings is 2. The first-order chi connectivity index (χ1) is 13.3. The van der Waals surface area contributed by atoms with Gasteiger partial charge in [-0.3, -0.25) is 9.78 Å². The van der Waals surface area contributed by atoms with Gasteiger partial charge < -0.3 is 9.47 Å². The summed E-state index contributed by atoms with van der Waals surface area (Å²) in [5.41, 5.74) is 1.95. The minimum absolute atomic E-state index is 0.0485. The fourth-order valence-corrected chi connectivity index (χ4v) is 3.23. The van der Waals surface area contributed by atoms with E-state index in [0.717, 1.165) is 5.56 Å². The minimum atomic E-state index is -3.09. The van der Waals surface area contributed by atoms with Crippen LogP contribution < -0.4 is 9.47 Å².